The summed E-state index contributed by atoms with van der Waals surface area (Å²) in [4.78, 5) is 4.46. The number of hydrogen-bond donors (Lipinski definition) is 0. The van der Waals surface area contributed by atoms with Crippen molar-refractivity contribution in [2.24, 2.45) is 0 Å². The standard InChI is InChI=1S/C10H15N.C2H6/c1-4-9-7-6-8(3)11-10(9)5-2;1-2/h6-7H,4-5H2,1-3H3;1-2H3. The van der Waals surface area contributed by atoms with Crippen molar-refractivity contribution in [2.45, 2.75) is 47.5 Å². The molecule has 1 heteroatoms. The molecule has 1 nitrogen and oxygen atoms in total. The zero-order chi connectivity index (χ0) is 10.3. The van der Waals surface area contributed by atoms with E-state index in [1.807, 2.05) is 20.8 Å². The summed E-state index contributed by atoms with van der Waals surface area (Å²) in [5, 5.41) is 0. The average molecular weight is 179 g/mol. The normalized spacial score (nSPS) is 9.00. The van der Waals surface area contributed by atoms with Crippen LogP contribution in [0.2, 0.25) is 0 Å². The second-order valence-electron chi connectivity index (χ2n) is 2.77. The monoisotopic (exact) mass is 179 g/mol. The third-order valence-electron chi connectivity index (χ3n) is 1.92. The van der Waals surface area contributed by atoms with Gasteiger partial charge in [0.25, 0.3) is 0 Å². The van der Waals surface area contributed by atoms with Crippen LogP contribution in [0.1, 0.15) is 44.6 Å². The quantitative estimate of drug-likeness (QED) is 0.676. The molecule has 0 fully saturated rings. The first-order chi connectivity index (χ1) is 6.27. The van der Waals surface area contributed by atoms with E-state index in [0.29, 0.717) is 0 Å². The molecule has 1 aromatic heterocycles. The van der Waals surface area contributed by atoms with Gasteiger partial charge in [-0.05, 0) is 31.4 Å². The summed E-state index contributed by atoms with van der Waals surface area (Å²) in [7, 11) is 0. The minimum Gasteiger partial charge on any atom is -0.258 e. The van der Waals surface area contributed by atoms with Crippen molar-refractivity contribution < 1.29 is 0 Å². The lowest BCUT2D eigenvalue weighted by atomic mass is 10.1. The number of nitrogens with zero attached hydrogens (tertiary/aromatic N) is 1. The smallest absolute Gasteiger partial charge is 0.0435 e. The third kappa shape index (κ3) is 3.58. The van der Waals surface area contributed by atoms with E-state index in [0.717, 1.165) is 18.5 Å². The summed E-state index contributed by atoms with van der Waals surface area (Å²) in [6.07, 6.45) is 2.14. The molecule has 0 bridgehead atoms. The summed E-state index contributed by atoms with van der Waals surface area (Å²) in [5.74, 6) is 0. The van der Waals surface area contributed by atoms with Crippen molar-refractivity contribution in [1.29, 1.82) is 0 Å². The summed E-state index contributed by atoms with van der Waals surface area (Å²) in [5.41, 5.74) is 3.77. The molecule has 1 heterocycles. The molecule has 0 aliphatic carbocycles. The van der Waals surface area contributed by atoms with Crippen molar-refractivity contribution in [3.8, 4) is 0 Å². The van der Waals surface area contributed by atoms with Crippen molar-refractivity contribution >= 4 is 0 Å². The Morgan fingerprint density at radius 2 is 1.69 bits per heavy atom. The first kappa shape index (κ1) is 12.2. The van der Waals surface area contributed by atoms with Gasteiger partial charge in [0.2, 0.25) is 0 Å². The van der Waals surface area contributed by atoms with Gasteiger partial charge in [0, 0.05) is 11.4 Å². The van der Waals surface area contributed by atoms with Gasteiger partial charge >= 0.3 is 0 Å². The summed E-state index contributed by atoms with van der Waals surface area (Å²) < 4.78 is 0. The first-order valence-corrected chi connectivity index (χ1v) is 5.23. The molecule has 0 spiro atoms. The number of hydrogen-bond acceptors (Lipinski definition) is 1. The molecular weight excluding hydrogens is 158 g/mol. The van der Waals surface area contributed by atoms with E-state index >= 15 is 0 Å². The fraction of sp³-hybridized carbons (Fsp3) is 0.583. The van der Waals surface area contributed by atoms with Crippen LogP contribution in [0.5, 0.6) is 0 Å². The van der Waals surface area contributed by atoms with Crippen LogP contribution in [0, 0.1) is 6.92 Å². The Morgan fingerprint density at radius 1 is 1.08 bits per heavy atom. The lowest BCUT2D eigenvalue weighted by molar-refractivity contribution is 0.944. The maximum atomic E-state index is 4.46. The summed E-state index contributed by atoms with van der Waals surface area (Å²) in [6, 6.07) is 4.26. The maximum Gasteiger partial charge on any atom is 0.0435 e. The summed E-state index contributed by atoms with van der Waals surface area (Å²) >= 11 is 0. The average Bonchev–Trinajstić information content (AvgIpc) is 2.20. The molecule has 0 amide bonds. The molecule has 0 aromatic carbocycles. The van der Waals surface area contributed by atoms with Crippen LogP contribution in [0.3, 0.4) is 0 Å². The minimum absolute atomic E-state index is 1.05. The van der Waals surface area contributed by atoms with E-state index in [9.17, 15) is 0 Å². The van der Waals surface area contributed by atoms with Gasteiger partial charge in [-0.1, -0.05) is 33.8 Å². The van der Waals surface area contributed by atoms with Gasteiger partial charge in [-0.2, -0.15) is 0 Å². The van der Waals surface area contributed by atoms with Crippen LogP contribution < -0.4 is 0 Å². The van der Waals surface area contributed by atoms with Gasteiger partial charge < -0.3 is 0 Å². The number of aryl methyl sites for hydroxylation is 3. The van der Waals surface area contributed by atoms with Crippen molar-refractivity contribution in [1.82, 2.24) is 4.98 Å². The third-order valence-corrected chi connectivity index (χ3v) is 1.92. The Bertz CT molecular complexity index is 241. The maximum absolute atomic E-state index is 4.46. The molecule has 0 N–H and O–H groups in total. The van der Waals surface area contributed by atoms with Crippen molar-refractivity contribution in [3.05, 3.63) is 29.1 Å². The summed E-state index contributed by atoms with van der Waals surface area (Å²) in [6.45, 7) is 10.4. The van der Waals surface area contributed by atoms with Crippen molar-refractivity contribution in [2.75, 3.05) is 0 Å². The Morgan fingerprint density at radius 3 is 2.15 bits per heavy atom. The molecule has 0 atom stereocenters. The molecule has 0 aliphatic heterocycles. The highest BCUT2D eigenvalue weighted by Crippen LogP contribution is 2.08. The van der Waals surface area contributed by atoms with Crippen LogP contribution in [-0.4, -0.2) is 4.98 Å². The van der Waals surface area contributed by atoms with E-state index in [-0.39, 0.29) is 0 Å². The van der Waals surface area contributed by atoms with Crippen LogP contribution in [-0.2, 0) is 12.8 Å². The van der Waals surface area contributed by atoms with Crippen molar-refractivity contribution in [3.63, 3.8) is 0 Å². The first-order valence-electron chi connectivity index (χ1n) is 5.23. The molecular formula is C12H21N. The molecule has 0 saturated heterocycles. The fourth-order valence-electron chi connectivity index (χ4n) is 1.27. The van der Waals surface area contributed by atoms with E-state index in [4.69, 9.17) is 0 Å². The Kier molecular flexibility index (Phi) is 6.21. The van der Waals surface area contributed by atoms with Gasteiger partial charge in [-0.3, -0.25) is 4.98 Å². The molecule has 0 radical (unpaired) electrons. The molecule has 74 valence electrons. The van der Waals surface area contributed by atoms with Crippen LogP contribution in [0.15, 0.2) is 12.1 Å². The van der Waals surface area contributed by atoms with E-state index < -0.39 is 0 Å². The highest BCUT2D eigenvalue weighted by Gasteiger charge is 1.98. The lowest BCUT2D eigenvalue weighted by Gasteiger charge is -2.04. The van der Waals surface area contributed by atoms with Gasteiger partial charge in [-0.25, -0.2) is 0 Å². The zero-order valence-electron chi connectivity index (χ0n) is 9.52. The molecule has 0 aliphatic rings. The topological polar surface area (TPSA) is 12.9 Å². The molecule has 1 aromatic rings. The van der Waals surface area contributed by atoms with Crippen LogP contribution in [0.4, 0.5) is 0 Å². The van der Waals surface area contributed by atoms with Gasteiger partial charge in [0.05, 0.1) is 0 Å². The lowest BCUT2D eigenvalue weighted by Crippen LogP contribution is -1.96. The number of aromatic nitrogens is 1. The number of rotatable bonds is 2. The van der Waals surface area contributed by atoms with Crippen LogP contribution >= 0.6 is 0 Å². The predicted molar refractivity (Wildman–Crippen MR) is 59.1 cm³/mol. The molecule has 1 rings (SSSR count). The van der Waals surface area contributed by atoms with Crippen LogP contribution in [0.25, 0.3) is 0 Å². The fourth-order valence-corrected chi connectivity index (χ4v) is 1.27. The van der Waals surface area contributed by atoms with Gasteiger partial charge in [0.15, 0.2) is 0 Å². The van der Waals surface area contributed by atoms with E-state index in [1.54, 1.807) is 0 Å². The Balaban J connectivity index is 0.000000671. The molecule has 0 unspecified atom stereocenters. The van der Waals surface area contributed by atoms with Gasteiger partial charge in [0.1, 0.15) is 0 Å². The zero-order valence-corrected chi connectivity index (χ0v) is 9.52. The minimum atomic E-state index is 1.05. The van der Waals surface area contributed by atoms with E-state index in [2.05, 4.69) is 31.0 Å². The van der Waals surface area contributed by atoms with E-state index in [1.165, 1.54) is 11.3 Å². The molecule has 13 heavy (non-hydrogen) atoms. The Hall–Kier alpha value is -0.850. The Labute approximate surface area is 82.2 Å². The molecule has 0 saturated carbocycles. The highest BCUT2D eigenvalue weighted by atomic mass is 14.7. The second kappa shape index (κ2) is 6.64. The SMILES string of the molecule is CC.CCc1ccc(C)nc1CC. The van der Waals surface area contributed by atoms with Gasteiger partial charge in [-0.15, -0.1) is 0 Å². The second-order valence-corrected chi connectivity index (χ2v) is 2.77. The highest BCUT2D eigenvalue weighted by molar-refractivity contribution is 5.22. The largest absolute Gasteiger partial charge is 0.258 e. The number of pyridine rings is 1. The predicted octanol–water partition coefficient (Wildman–Crippen LogP) is 3.54.